The second-order valence-corrected chi connectivity index (χ2v) is 0.962. The first-order valence-electron chi connectivity index (χ1n) is 1.67. The minimum atomic E-state index is 0. The Hall–Kier alpha value is 0.644. The van der Waals surface area contributed by atoms with Crippen molar-refractivity contribution in [1.29, 1.82) is 0 Å². The number of halogens is 2. The zero-order valence-corrected chi connectivity index (χ0v) is 7.22. The number of rotatable bonds is 0. The van der Waals surface area contributed by atoms with Crippen LogP contribution in [0.4, 0.5) is 0 Å². The van der Waals surface area contributed by atoms with Crippen LogP contribution in [-0.2, 0) is 21.7 Å². The number of hydrogen-bond acceptors (Lipinski definition) is 0. The van der Waals surface area contributed by atoms with E-state index in [1.807, 2.05) is 30.3 Å². The van der Waals surface area contributed by atoms with E-state index in [0.717, 1.165) is 0 Å². The summed E-state index contributed by atoms with van der Waals surface area (Å²) in [6.07, 6.45) is 0. The molecule has 0 aromatic heterocycles. The van der Waals surface area contributed by atoms with Crippen LogP contribution in [0.3, 0.4) is 0 Å². The summed E-state index contributed by atoms with van der Waals surface area (Å²) in [6.45, 7) is 0. The van der Waals surface area contributed by atoms with Crippen LogP contribution in [0, 0.1) is 0 Å². The molecule has 0 aliphatic carbocycles. The van der Waals surface area contributed by atoms with E-state index < -0.39 is 0 Å². The molecule has 0 atom stereocenters. The topological polar surface area (TPSA) is 0 Å². The summed E-state index contributed by atoms with van der Waals surface area (Å²) in [7, 11) is 0. The molecule has 0 saturated carbocycles. The minimum Gasteiger partial charge on any atom is -1.00 e. The predicted molar refractivity (Wildman–Crippen MR) is 22.0 cm³/mol. The van der Waals surface area contributed by atoms with Crippen molar-refractivity contribution in [1.82, 2.24) is 0 Å². The van der Waals surface area contributed by atoms with Gasteiger partial charge in [0.15, 0.2) is 0 Å². The molecule has 0 aliphatic heterocycles. The molecule has 0 fully saturated rings. The molecule has 0 spiro atoms. The first-order valence-corrected chi connectivity index (χ1v) is 1.67. The Bertz CT molecular complexity index is 66.9. The van der Waals surface area contributed by atoms with Gasteiger partial charge in [0.25, 0.3) is 0 Å². The Balaban J connectivity index is -0.0000000833. The smallest absolute Gasteiger partial charge is 1.00 e. The minimum absolute atomic E-state index is 0. The van der Waals surface area contributed by atoms with E-state index in [1.165, 1.54) is 0 Å². The Morgan fingerprint density at radius 2 is 1.25 bits per heavy atom. The molecule has 0 unspecified atom stereocenters. The van der Waals surface area contributed by atoms with Crippen molar-refractivity contribution in [3.05, 3.63) is 30.3 Å². The van der Waals surface area contributed by atoms with Crippen LogP contribution in [0.25, 0.3) is 0 Å². The Morgan fingerprint density at radius 3 is 1.38 bits per heavy atom. The summed E-state index contributed by atoms with van der Waals surface area (Å²) in [6, 6.07) is 10.0. The van der Waals surface area contributed by atoms with Gasteiger partial charge in [-0.1, -0.05) is 0 Å². The summed E-state index contributed by atoms with van der Waals surface area (Å²) in [5.74, 6) is 0. The fourth-order valence-corrected chi connectivity index (χ4v) is 0.321. The molecule has 1 aromatic rings. The van der Waals surface area contributed by atoms with E-state index in [-0.39, 0.29) is 46.5 Å². The van der Waals surface area contributed by atoms with Gasteiger partial charge in [0.2, 0.25) is 0 Å². The third kappa shape index (κ3) is 6.64. The molecule has 42 valence electrons. The molecule has 0 aliphatic rings. The second-order valence-electron chi connectivity index (χ2n) is 0.962. The van der Waals surface area contributed by atoms with Gasteiger partial charge in [-0.05, 0) is 0 Å². The van der Waals surface area contributed by atoms with Crippen molar-refractivity contribution in [2.24, 2.45) is 0 Å². The zero-order valence-electron chi connectivity index (χ0n) is 4.14. The molecule has 1 rings (SSSR count). The molecule has 0 amide bonds. The van der Waals surface area contributed by atoms with Crippen LogP contribution in [0.15, 0.2) is 30.3 Å². The molecule has 0 nitrogen and oxygen atoms in total. The normalized spacial score (nSPS) is 5.00. The first kappa shape index (κ1) is 15.9. The van der Waals surface area contributed by atoms with Gasteiger partial charge in [-0.25, -0.2) is 12.1 Å². The van der Waals surface area contributed by atoms with Crippen molar-refractivity contribution in [3.8, 4) is 0 Å². The predicted octanol–water partition coefficient (Wildman–Crippen LogP) is -4.59. The third-order valence-corrected chi connectivity index (χ3v) is 0.556. The van der Waals surface area contributed by atoms with Crippen molar-refractivity contribution < 1.29 is 46.5 Å². The molecule has 0 N–H and O–H groups in total. The third-order valence-electron chi connectivity index (χ3n) is 0.556. The van der Waals surface area contributed by atoms with Crippen LogP contribution < -0.4 is 24.8 Å². The molecular weight excluding hydrogens is 179 g/mol. The molecule has 0 radical (unpaired) electrons. The van der Waals surface area contributed by atoms with E-state index in [1.54, 1.807) is 0 Å². The quantitative estimate of drug-likeness (QED) is 0.281. The Kier molecular flexibility index (Phi) is 21.0. The van der Waals surface area contributed by atoms with E-state index in [4.69, 9.17) is 0 Å². The molecular formula is C5H5Cl2Ti+. The average molecular weight is 184 g/mol. The van der Waals surface area contributed by atoms with Crippen LogP contribution in [0.5, 0.6) is 0 Å². The zero-order chi connectivity index (χ0) is 3.54. The van der Waals surface area contributed by atoms with Gasteiger partial charge in [0, 0.05) is 0 Å². The van der Waals surface area contributed by atoms with E-state index in [0.29, 0.717) is 0 Å². The van der Waals surface area contributed by atoms with Gasteiger partial charge in [-0.2, -0.15) is 18.2 Å². The van der Waals surface area contributed by atoms with Gasteiger partial charge in [0.05, 0.1) is 0 Å². The van der Waals surface area contributed by atoms with E-state index >= 15 is 0 Å². The standard InChI is InChI=1S/C5H5.2ClH.Ti/c1-2-4-5-3-1;;;/h1-5H;2*1H;/q-1;;;+4/p-2. The van der Waals surface area contributed by atoms with Crippen molar-refractivity contribution in [2.45, 2.75) is 0 Å². The summed E-state index contributed by atoms with van der Waals surface area (Å²) < 4.78 is 0. The Labute approximate surface area is 76.7 Å². The fraction of sp³-hybridized carbons (Fsp3) is 0. The van der Waals surface area contributed by atoms with Gasteiger partial charge in [-0.15, -0.1) is 0 Å². The van der Waals surface area contributed by atoms with E-state index in [2.05, 4.69) is 0 Å². The second kappa shape index (κ2) is 10.6. The van der Waals surface area contributed by atoms with Crippen molar-refractivity contribution in [2.75, 3.05) is 0 Å². The van der Waals surface area contributed by atoms with Gasteiger partial charge < -0.3 is 24.8 Å². The maximum atomic E-state index is 2.00. The van der Waals surface area contributed by atoms with Crippen LogP contribution >= 0.6 is 0 Å². The van der Waals surface area contributed by atoms with Crippen molar-refractivity contribution >= 4 is 0 Å². The van der Waals surface area contributed by atoms with Gasteiger partial charge in [-0.3, -0.25) is 0 Å². The largest absolute Gasteiger partial charge is 4.00 e. The first-order chi connectivity index (χ1) is 2.50. The molecule has 0 heterocycles. The van der Waals surface area contributed by atoms with Crippen LogP contribution in [0.1, 0.15) is 0 Å². The fourth-order valence-electron chi connectivity index (χ4n) is 0.321. The molecule has 3 heteroatoms. The van der Waals surface area contributed by atoms with Gasteiger partial charge in [0.1, 0.15) is 0 Å². The van der Waals surface area contributed by atoms with E-state index in [9.17, 15) is 0 Å². The molecule has 8 heavy (non-hydrogen) atoms. The average Bonchev–Trinajstić information content (AvgIpc) is 1.76. The molecule has 1 aromatic carbocycles. The van der Waals surface area contributed by atoms with Crippen molar-refractivity contribution in [3.63, 3.8) is 0 Å². The monoisotopic (exact) mass is 183 g/mol. The SMILES string of the molecule is [Cl-].[Cl-].[Ti+4].c1cc[cH-]c1. The summed E-state index contributed by atoms with van der Waals surface area (Å²) in [4.78, 5) is 0. The number of hydrogen-bond donors (Lipinski definition) is 0. The molecule has 0 bridgehead atoms. The summed E-state index contributed by atoms with van der Waals surface area (Å²) in [5, 5.41) is 0. The Morgan fingerprint density at radius 1 is 0.875 bits per heavy atom. The van der Waals surface area contributed by atoms with Crippen LogP contribution in [0.2, 0.25) is 0 Å². The maximum Gasteiger partial charge on any atom is 4.00 e. The summed E-state index contributed by atoms with van der Waals surface area (Å²) in [5.41, 5.74) is 0. The van der Waals surface area contributed by atoms with Crippen LogP contribution in [-0.4, -0.2) is 0 Å². The summed E-state index contributed by atoms with van der Waals surface area (Å²) >= 11 is 0. The molecule has 0 saturated heterocycles. The van der Waals surface area contributed by atoms with Gasteiger partial charge >= 0.3 is 21.7 Å². The maximum absolute atomic E-state index is 2.00.